The zero-order valence-electron chi connectivity index (χ0n) is 8.96. The molecular weight excluding hydrogens is 230 g/mol. The summed E-state index contributed by atoms with van der Waals surface area (Å²) in [7, 11) is 0. The summed E-state index contributed by atoms with van der Waals surface area (Å²) < 4.78 is 0. The Bertz CT molecular complexity index is 316. The highest BCUT2D eigenvalue weighted by Crippen LogP contribution is 2.00. The predicted octanol–water partition coefficient (Wildman–Crippen LogP) is 1.03. The number of carbonyl (C=O) groups is 1. The van der Waals surface area contributed by atoms with Gasteiger partial charge in [-0.2, -0.15) is 0 Å². The van der Waals surface area contributed by atoms with E-state index in [0.717, 1.165) is 5.56 Å². The minimum Gasteiger partial charge on any atom is -0.480 e. The molecule has 1 rings (SSSR count). The second-order valence-electron chi connectivity index (χ2n) is 3.42. The summed E-state index contributed by atoms with van der Waals surface area (Å²) in [5, 5.41) is 20.8. The van der Waals surface area contributed by atoms with Gasteiger partial charge < -0.3 is 10.2 Å². The maximum atomic E-state index is 10.7. The number of carboxylic acid groups (broad SMARTS) is 1. The first kappa shape index (κ1) is 14.9. The van der Waals surface area contributed by atoms with Gasteiger partial charge in [0.1, 0.15) is 6.04 Å². The van der Waals surface area contributed by atoms with Crippen LogP contribution in [0.25, 0.3) is 0 Å². The minimum absolute atomic E-state index is 0. The third kappa shape index (κ3) is 4.61. The number of aliphatic carboxylic acids is 1. The average molecular weight is 246 g/mol. The van der Waals surface area contributed by atoms with Crippen LogP contribution in [-0.2, 0) is 11.3 Å². The normalized spacial score (nSPS) is 13.6. The first-order valence-corrected chi connectivity index (χ1v) is 4.79. The maximum Gasteiger partial charge on any atom is 0.323 e. The van der Waals surface area contributed by atoms with Crippen molar-refractivity contribution in [3.8, 4) is 0 Å². The summed E-state index contributed by atoms with van der Waals surface area (Å²) in [5.74, 6) is -1.04. The third-order valence-electron chi connectivity index (χ3n) is 2.12. The fourth-order valence-electron chi connectivity index (χ4n) is 1.29. The summed E-state index contributed by atoms with van der Waals surface area (Å²) in [6.07, 6.45) is -0.911. The lowest BCUT2D eigenvalue weighted by molar-refractivity contribution is -0.142. The Morgan fingerprint density at radius 1 is 1.38 bits per heavy atom. The Morgan fingerprint density at radius 3 is 2.38 bits per heavy atom. The molecule has 5 heteroatoms. The van der Waals surface area contributed by atoms with Gasteiger partial charge in [-0.15, -0.1) is 12.4 Å². The first-order chi connectivity index (χ1) is 7.11. The molecule has 4 nitrogen and oxygen atoms in total. The van der Waals surface area contributed by atoms with E-state index in [-0.39, 0.29) is 12.4 Å². The van der Waals surface area contributed by atoms with E-state index in [4.69, 9.17) is 5.11 Å². The van der Waals surface area contributed by atoms with E-state index in [1.807, 2.05) is 30.3 Å². The molecule has 1 aromatic rings. The van der Waals surface area contributed by atoms with Crippen molar-refractivity contribution in [1.82, 2.24) is 5.32 Å². The quantitative estimate of drug-likeness (QED) is 0.725. The third-order valence-corrected chi connectivity index (χ3v) is 2.12. The molecule has 0 aromatic heterocycles. The van der Waals surface area contributed by atoms with Gasteiger partial charge in [0, 0.05) is 6.54 Å². The van der Waals surface area contributed by atoms with Crippen molar-refractivity contribution >= 4 is 18.4 Å². The van der Waals surface area contributed by atoms with Crippen molar-refractivity contribution in [2.24, 2.45) is 0 Å². The zero-order chi connectivity index (χ0) is 11.3. The van der Waals surface area contributed by atoms with Crippen molar-refractivity contribution in [1.29, 1.82) is 0 Å². The first-order valence-electron chi connectivity index (χ1n) is 4.79. The Morgan fingerprint density at radius 2 is 1.94 bits per heavy atom. The molecule has 2 atom stereocenters. The van der Waals surface area contributed by atoms with Crippen LogP contribution in [0.5, 0.6) is 0 Å². The second kappa shape index (κ2) is 7.22. The molecule has 0 radical (unpaired) electrons. The van der Waals surface area contributed by atoms with Gasteiger partial charge in [-0.3, -0.25) is 10.1 Å². The van der Waals surface area contributed by atoms with Crippen molar-refractivity contribution in [2.75, 3.05) is 0 Å². The van der Waals surface area contributed by atoms with E-state index in [9.17, 15) is 9.90 Å². The van der Waals surface area contributed by atoms with Gasteiger partial charge in [-0.1, -0.05) is 30.3 Å². The molecule has 0 amide bonds. The Kier molecular flexibility index (Phi) is 6.72. The molecule has 0 saturated carbocycles. The van der Waals surface area contributed by atoms with Crippen LogP contribution in [0.15, 0.2) is 30.3 Å². The molecule has 0 fully saturated rings. The average Bonchev–Trinajstić information content (AvgIpc) is 2.18. The topological polar surface area (TPSA) is 69.6 Å². The molecule has 0 aliphatic heterocycles. The van der Waals surface area contributed by atoms with Crippen LogP contribution < -0.4 is 5.32 Å². The number of hydrogen-bond donors (Lipinski definition) is 3. The summed E-state index contributed by atoms with van der Waals surface area (Å²) in [4.78, 5) is 10.7. The number of aliphatic hydroxyl groups is 1. The number of carboxylic acids is 1. The molecule has 16 heavy (non-hydrogen) atoms. The predicted molar refractivity (Wildman–Crippen MR) is 63.6 cm³/mol. The number of benzene rings is 1. The van der Waals surface area contributed by atoms with Crippen LogP contribution >= 0.6 is 12.4 Å². The van der Waals surface area contributed by atoms with Gasteiger partial charge >= 0.3 is 5.97 Å². The highest BCUT2D eigenvalue weighted by Gasteiger charge is 2.21. The fourth-order valence-corrected chi connectivity index (χ4v) is 1.29. The van der Waals surface area contributed by atoms with E-state index < -0.39 is 18.1 Å². The lowest BCUT2D eigenvalue weighted by Gasteiger charge is -2.16. The number of nitrogens with one attached hydrogen (secondary N) is 1. The van der Waals surface area contributed by atoms with Crippen LogP contribution in [0.3, 0.4) is 0 Å². The molecule has 2 unspecified atom stereocenters. The Balaban J connectivity index is 0.00000225. The molecule has 0 aliphatic carbocycles. The zero-order valence-corrected chi connectivity index (χ0v) is 9.78. The molecule has 0 heterocycles. The van der Waals surface area contributed by atoms with E-state index in [0.29, 0.717) is 6.54 Å². The van der Waals surface area contributed by atoms with Gasteiger partial charge in [0.05, 0.1) is 6.10 Å². The SMILES string of the molecule is CC(O)C(NCc1ccccc1)C(=O)O.Cl. The van der Waals surface area contributed by atoms with Crippen LogP contribution in [-0.4, -0.2) is 28.3 Å². The number of rotatable bonds is 5. The standard InChI is InChI=1S/C11H15NO3.ClH/c1-8(13)10(11(14)15)12-7-9-5-3-2-4-6-9;/h2-6,8,10,12-13H,7H2,1H3,(H,14,15);1H. The largest absolute Gasteiger partial charge is 0.480 e. The number of aliphatic hydroxyl groups excluding tert-OH is 1. The van der Waals surface area contributed by atoms with Crippen LogP contribution in [0, 0.1) is 0 Å². The molecular formula is C11H16ClNO3. The van der Waals surface area contributed by atoms with E-state index in [1.165, 1.54) is 6.92 Å². The van der Waals surface area contributed by atoms with Crippen LogP contribution in [0.2, 0.25) is 0 Å². The van der Waals surface area contributed by atoms with Gasteiger partial charge in [0.25, 0.3) is 0 Å². The second-order valence-corrected chi connectivity index (χ2v) is 3.42. The summed E-state index contributed by atoms with van der Waals surface area (Å²) >= 11 is 0. The highest BCUT2D eigenvalue weighted by molar-refractivity contribution is 5.85. The monoisotopic (exact) mass is 245 g/mol. The van der Waals surface area contributed by atoms with Crippen LogP contribution in [0.4, 0.5) is 0 Å². The lowest BCUT2D eigenvalue weighted by Crippen LogP contribution is -2.44. The summed E-state index contributed by atoms with van der Waals surface area (Å²) in [5.41, 5.74) is 0.990. The van der Waals surface area contributed by atoms with Gasteiger partial charge in [0.15, 0.2) is 0 Å². The fraction of sp³-hybridized carbons (Fsp3) is 0.364. The van der Waals surface area contributed by atoms with E-state index in [1.54, 1.807) is 0 Å². The minimum atomic E-state index is -1.04. The van der Waals surface area contributed by atoms with Crippen molar-refractivity contribution in [3.05, 3.63) is 35.9 Å². The molecule has 0 spiro atoms. The summed E-state index contributed by atoms with van der Waals surface area (Å²) in [6, 6.07) is 8.53. The van der Waals surface area contributed by atoms with Gasteiger partial charge in [-0.25, -0.2) is 0 Å². The lowest BCUT2D eigenvalue weighted by atomic mass is 10.1. The van der Waals surface area contributed by atoms with Crippen molar-refractivity contribution in [2.45, 2.75) is 25.6 Å². The molecule has 0 bridgehead atoms. The molecule has 0 saturated heterocycles. The molecule has 0 aliphatic rings. The van der Waals surface area contributed by atoms with E-state index >= 15 is 0 Å². The van der Waals surface area contributed by atoms with Crippen LogP contribution in [0.1, 0.15) is 12.5 Å². The Hall–Kier alpha value is -1.10. The summed E-state index contributed by atoms with van der Waals surface area (Å²) in [6.45, 7) is 1.89. The number of hydrogen-bond acceptors (Lipinski definition) is 3. The molecule has 3 N–H and O–H groups in total. The smallest absolute Gasteiger partial charge is 0.323 e. The van der Waals surface area contributed by atoms with Gasteiger partial charge in [-0.05, 0) is 12.5 Å². The molecule has 1 aromatic carbocycles. The van der Waals surface area contributed by atoms with E-state index in [2.05, 4.69) is 5.32 Å². The Labute approximate surface area is 101 Å². The number of halogens is 1. The molecule has 90 valence electrons. The van der Waals surface area contributed by atoms with Crippen molar-refractivity contribution in [3.63, 3.8) is 0 Å². The van der Waals surface area contributed by atoms with Crippen molar-refractivity contribution < 1.29 is 15.0 Å². The van der Waals surface area contributed by atoms with Gasteiger partial charge in [0.2, 0.25) is 0 Å². The maximum absolute atomic E-state index is 10.7. The highest BCUT2D eigenvalue weighted by atomic mass is 35.5.